The second kappa shape index (κ2) is 5.98. The molecule has 0 spiro atoms. The Morgan fingerprint density at radius 1 is 1.32 bits per heavy atom. The monoisotopic (exact) mass is 316 g/mol. The minimum Gasteiger partial charge on any atom is -0.336 e. The molecule has 22 heavy (non-hydrogen) atoms. The molecular weight excluding hydrogens is 304 g/mol. The van der Waals surface area contributed by atoms with Crippen LogP contribution in [0.5, 0.6) is 0 Å². The van der Waals surface area contributed by atoms with E-state index in [1.54, 1.807) is 24.0 Å². The lowest BCUT2D eigenvalue weighted by Gasteiger charge is -2.05. The van der Waals surface area contributed by atoms with Crippen LogP contribution < -0.4 is 10.9 Å². The second-order valence-corrected chi connectivity index (χ2v) is 5.02. The van der Waals surface area contributed by atoms with Gasteiger partial charge in [-0.2, -0.15) is 10.2 Å². The van der Waals surface area contributed by atoms with Crippen LogP contribution in [0.2, 0.25) is 5.02 Å². The van der Waals surface area contributed by atoms with Crippen molar-refractivity contribution >= 4 is 23.1 Å². The highest BCUT2D eigenvalue weighted by atomic mass is 35.5. The van der Waals surface area contributed by atoms with Gasteiger partial charge in [0.2, 0.25) is 0 Å². The normalized spacial score (nSPS) is 10.6. The average Bonchev–Trinajstić information content (AvgIpc) is 2.96. The van der Waals surface area contributed by atoms with Gasteiger partial charge in [-0.3, -0.25) is 14.5 Å². The zero-order valence-corrected chi connectivity index (χ0v) is 12.5. The van der Waals surface area contributed by atoms with Gasteiger partial charge >= 0.3 is 0 Å². The second-order valence-electron chi connectivity index (χ2n) is 4.65. The zero-order valence-electron chi connectivity index (χ0n) is 11.8. The van der Waals surface area contributed by atoms with E-state index in [0.29, 0.717) is 18.1 Å². The Morgan fingerprint density at radius 2 is 2.18 bits per heavy atom. The Bertz CT molecular complexity index is 842. The van der Waals surface area contributed by atoms with Gasteiger partial charge in [0.15, 0.2) is 5.82 Å². The van der Waals surface area contributed by atoms with Crippen molar-refractivity contribution in [3.05, 3.63) is 63.9 Å². The van der Waals surface area contributed by atoms with Crippen LogP contribution in [0.25, 0.3) is 0 Å². The van der Waals surface area contributed by atoms with E-state index in [1.165, 1.54) is 10.9 Å². The number of nitrogens with zero attached hydrogens (tertiary/aromatic N) is 5. The third-order valence-electron chi connectivity index (χ3n) is 3.03. The number of hydrogen-bond acceptors (Lipinski definition) is 5. The molecule has 0 atom stereocenters. The fourth-order valence-corrected chi connectivity index (χ4v) is 2.13. The van der Waals surface area contributed by atoms with E-state index in [1.807, 2.05) is 24.4 Å². The van der Waals surface area contributed by atoms with Gasteiger partial charge in [-0.15, -0.1) is 0 Å². The molecule has 0 aliphatic rings. The Labute approximate surface area is 131 Å². The Kier molecular flexibility index (Phi) is 3.88. The number of anilines is 2. The van der Waals surface area contributed by atoms with Crippen molar-refractivity contribution in [2.75, 3.05) is 5.32 Å². The summed E-state index contributed by atoms with van der Waals surface area (Å²) in [7, 11) is 1.54. The quantitative estimate of drug-likeness (QED) is 0.794. The van der Waals surface area contributed by atoms with Crippen molar-refractivity contribution in [2.24, 2.45) is 7.05 Å². The fraction of sp³-hybridized carbons (Fsp3) is 0.143. The topological polar surface area (TPSA) is 77.6 Å². The molecule has 0 aromatic carbocycles. The van der Waals surface area contributed by atoms with Crippen LogP contribution in [0.1, 0.15) is 5.69 Å². The lowest BCUT2D eigenvalue weighted by atomic mass is 10.3. The van der Waals surface area contributed by atoms with Gasteiger partial charge in [-0.25, -0.2) is 4.68 Å². The maximum absolute atomic E-state index is 11.7. The van der Waals surface area contributed by atoms with Gasteiger partial charge in [0.05, 0.1) is 24.1 Å². The minimum absolute atomic E-state index is 0.0803. The van der Waals surface area contributed by atoms with Crippen molar-refractivity contribution in [3.63, 3.8) is 0 Å². The summed E-state index contributed by atoms with van der Waals surface area (Å²) < 4.78 is 2.92. The summed E-state index contributed by atoms with van der Waals surface area (Å²) in [6.07, 6.45) is 5.05. The summed E-state index contributed by atoms with van der Waals surface area (Å²) in [5, 5.41) is 11.4. The van der Waals surface area contributed by atoms with Crippen LogP contribution >= 0.6 is 11.6 Å². The highest BCUT2D eigenvalue weighted by molar-refractivity contribution is 6.33. The lowest BCUT2D eigenvalue weighted by molar-refractivity contribution is 0.675. The minimum atomic E-state index is -0.361. The molecule has 7 nitrogen and oxygen atoms in total. The van der Waals surface area contributed by atoms with Gasteiger partial charge in [0, 0.05) is 25.5 Å². The first kappa shape index (κ1) is 14.3. The molecule has 0 unspecified atom stereocenters. The molecule has 3 aromatic heterocycles. The Hall–Kier alpha value is -2.67. The van der Waals surface area contributed by atoms with Crippen LogP contribution in [-0.4, -0.2) is 24.5 Å². The summed E-state index contributed by atoms with van der Waals surface area (Å²) in [5.74, 6) is 0.577. The molecule has 0 bridgehead atoms. The molecule has 0 radical (unpaired) electrons. The largest absolute Gasteiger partial charge is 0.336 e. The van der Waals surface area contributed by atoms with Crippen molar-refractivity contribution in [1.82, 2.24) is 24.5 Å². The van der Waals surface area contributed by atoms with Gasteiger partial charge in [-0.05, 0) is 12.1 Å². The van der Waals surface area contributed by atoms with E-state index >= 15 is 0 Å². The molecule has 3 rings (SSSR count). The number of nitrogens with one attached hydrogen (secondary N) is 1. The summed E-state index contributed by atoms with van der Waals surface area (Å²) in [6.45, 7) is 0.561. The summed E-state index contributed by atoms with van der Waals surface area (Å²) >= 11 is 6.00. The van der Waals surface area contributed by atoms with Crippen molar-refractivity contribution in [3.8, 4) is 0 Å². The third-order valence-corrected chi connectivity index (χ3v) is 3.40. The van der Waals surface area contributed by atoms with Gasteiger partial charge in [0.1, 0.15) is 5.02 Å². The fourth-order valence-electron chi connectivity index (χ4n) is 1.91. The molecule has 3 aromatic rings. The number of aromatic nitrogens is 5. The first-order valence-corrected chi connectivity index (χ1v) is 6.93. The molecule has 1 N–H and O–H groups in total. The molecule has 112 valence electrons. The van der Waals surface area contributed by atoms with E-state index in [9.17, 15) is 4.79 Å². The molecule has 0 fully saturated rings. The molecule has 0 aliphatic heterocycles. The number of halogens is 1. The maximum atomic E-state index is 11.7. The predicted molar refractivity (Wildman–Crippen MR) is 83.3 cm³/mol. The smallest absolute Gasteiger partial charge is 0.287 e. The van der Waals surface area contributed by atoms with E-state index in [-0.39, 0.29) is 10.6 Å². The first-order valence-electron chi connectivity index (χ1n) is 6.55. The molecule has 0 aliphatic carbocycles. The molecule has 0 amide bonds. The Morgan fingerprint density at radius 3 is 2.95 bits per heavy atom. The number of pyridine rings is 1. The SMILES string of the molecule is Cn1ncc(Nc2ccn(Cc3ccccn3)n2)c(Cl)c1=O. The number of rotatable bonds is 4. The van der Waals surface area contributed by atoms with Crippen molar-refractivity contribution < 1.29 is 0 Å². The van der Waals surface area contributed by atoms with Gasteiger partial charge < -0.3 is 5.32 Å². The zero-order chi connectivity index (χ0) is 15.5. The van der Waals surface area contributed by atoms with Crippen LogP contribution in [0, 0.1) is 0 Å². The van der Waals surface area contributed by atoms with Crippen LogP contribution in [-0.2, 0) is 13.6 Å². The summed E-state index contributed by atoms with van der Waals surface area (Å²) in [6, 6.07) is 7.51. The van der Waals surface area contributed by atoms with E-state index in [2.05, 4.69) is 20.5 Å². The van der Waals surface area contributed by atoms with E-state index < -0.39 is 0 Å². The molecule has 3 heterocycles. The summed E-state index contributed by atoms with van der Waals surface area (Å²) in [5.41, 5.74) is 0.970. The highest BCUT2D eigenvalue weighted by Gasteiger charge is 2.09. The molecule has 8 heteroatoms. The standard InChI is InChI=1S/C14H13ClN6O/c1-20-14(22)13(15)11(8-17-20)18-12-5-7-21(19-12)9-10-4-2-3-6-16-10/h2-8H,9H2,1H3,(H,18,19). The van der Waals surface area contributed by atoms with Gasteiger partial charge in [-0.1, -0.05) is 17.7 Å². The summed E-state index contributed by atoms with van der Waals surface area (Å²) in [4.78, 5) is 16.0. The molecule has 0 saturated heterocycles. The maximum Gasteiger partial charge on any atom is 0.287 e. The van der Waals surface area contributed by atoms with Crippen LogP contribution in [0.4, 0.5) is 11.5 Å². The number of aryl methyl sites for hydroxylation is 1. The van der Waals surface area contributed by atoms with Crippen molar-refractivity contribution in [2.45, 2.75) is 6.54 Å². The molecular formula is C14H13ClN6O. The van der Waals surface area contributed by atoms with Crippen molar-refractivity contribution in [1.29, 1.82) is 0 Å². The van der Waals surface area contributed by atoms with Gasteiger partial charge in [0.25, 0.3) is 5.56 Å². The third kappa shape index (κ3) is 2.99. The van der Waals surface area contributed by atoms with Crippen LogP contribution in [0.15, 0.2) is 47.7 Å². The average molecular weight is 317 g/mol. The Balaban J connectivity index is 1.78. The molecule has 0 saturated carbocycles. The first-order chi connectivity index (χ1) is 10.6. The van der Waals surface area contributed by atoms with Crippen LogP contribution in [0.3, 0.4) is 0 Å². The lowest BCUT2D eigenvalue weighted by Crippen LogP contribution is -2.20. The van der Waals surface area contributed by atoms with E-state index in [0.717, 1.165) is 5.69 Å². The van der Waals surface area contributed by atoms with E-state index in [4.69, 9.17) is 11.6 Å². The predicted octanol–water partition coefficient (Wildman–Crippen LogP) is 1.82. The highest BCUT2D eigenvalue weighted by Crippen LogP contribution is 2.19. The number of hydrogen-bond donors (Lipinski definition) is 1.